The number of carbonyl (C=O) groups is 3. The van der Waals surface area contributed by atoms with E-state index in [-0.39, 0.29) is 18.2 Å². The number of carbonyl (C=O) groups excluding carboxylic acids is 3. The van der Waals surface area contributed by atoms with Gasteiger partial charge in [0.25, 0.3) is 5.91 Å². The third-order valence-electron chi connectivity index (χ3n) is 3.48. The predicted molar refractivity (Wildman–Crippen MR) is 84.3 cm³/mol. The van der Waals surface area contributed by atoms with Crippen molar-refractivity contribution in [3.63, 3.8) is 0 Å². The molecule has 0 spiro atoms. The van der Waals surface area contributed by atoms with Crippen LogP contribution in [0.3, 0.4) is 0 Å². The molecule has 23 heavy (non-hydrogen) atoms. The molecular formula is C15H29N3O5. The lowest BCUT2D eigenvalue weighted by atomic mass is 9.84. The van der Waals surface area contributed by atoms with Gasteiger partial charge in [0.05, 0.1) is 5.92 Å². The molecule has 0 aromatic rings. The molecule has 8 heteroatoms. The summed E-state index contributed by atoms with van der Waals surface area (Å²) < 4.78 is 0. The first-order valence-electron chi connectivity index (χ1n) is 7.59. The number of hydrogen-bond acceptors (Lipinski definition) is 5. The lowest BCUT2D eigenvalue weighted by Crippen LogP contribution is -2.56. The first-order chi connectivity index (χ1) is 10.4. The molecular weight excluding hydrogens is 302 g/mol. The SMILES string of the molecule is CNC(=O)C(NC(=O)C(CC(C)C)C(O)C(=O)NO)C(C)(C)C. The Hall–Kier alpha value is -1.67. The van der Waals surface area contributed by atoms with Crippen molar-refractivity contribution in [1.82, 2.24) is 16.1 Å². The fourth-order valence-corrected chi connectivity index (χ4v) is 2.21. The number of hydrogen-bond donors (Lipinski definition) is 5. The number of amides is 3. The average molecular weight is 331 g/mol. The van der Waals surface area contributed by atoms with E-state index in [1.165, 1.54) is 12.5 Å². The Morgan fingerprint density at radius 1 is 1.04 bits per heavy atom. The molecule has 5 N–H and O–H groups in total. The van der Waals surface area contributed by atoms with Crippen LogP contribution in [0.15, 0.2) is 0 Å². The zero-order chi connectivity index (χ0) is 18.4. The second-order valence-electron chi connectivity index (χ2n) is 7.08. The third-order valence-corrected chi connectivity index (χ3v) is 3.48. The van der Waals surface area contributed by atoms with Crippen molar-refractivity contribution >= 4 is 17.7 Å². The Kier molecular flexibility index (Phi) is 8.19. The van der Waals surface area contributed by atoms with Gasteiger partial charge in [-0.05, 0) is 17.8 Å². The molecule has 0 aliphatic rings. The molecule has 0 aromatic carbocycles. The monoisotopic (exact) mass is 331 g/mol. The Bertz CT molecular complexity index is 431. The van der Waals surface area contributed by atoms with Crippen LogP contribution < -0.4 is 16.1 Å². The minimum Gasteiger partial charge on any atom is -0.382 e. The van der Waals surface area contributed by atoms with Gasteiger partial charge in [0.15, 0.2) is 0 Å². The zero-order valence-electron chi connectivity index (χ0n) is 14.6. The van der Waals surface area contributed by atoms with Crippen molar-refractivity contribution in [2.75, 3.05) is 7.05 Å². The van der Waals surface area contributed by atoms with Gasteiger partial charge in [0.1, 0.15) is 12.1 Å². The average Bonchev–Trinajstić information content (AvgIpc) is 2.46. The second kappa shape index (κ2) is 8.83. The number of aliphatic hydroxyl groups excluding tert-OH is 1. The van der Waals surface area contributed by atoms with Crippen LogP contribution in [0.2, 0.25) is 0 Å². The van der Waals surface area contributed by atoms with Gasteiger partial charge in [-0.1, -0.05) is 34.6 Å². The molecule has 0 heterocycles. The molecule has 3 unspecified atom stereocenters. The Morgan fingerprint density at radius 2 is 1.57 bits per heavy atom. The summed E-state index contributed by atoms with van der Waals surface area (Å²) in [6.45, 7) is 9.05. The number of likely N-dealkylation sites (N-methyl/N-ethyl adjacent to an activating group) is 1. The summed E-state index contributed by atoms with van der Waals surface area (Å²) in [6.07, 6.45) is -1.47. The molecule has 0 bridgehead atoms. The molecule has 0 aliphatic carbocycles. The summed E-state index contributed by atoms with van der Waals surface area (Å²) in [5, 5.41) is 23.7. The maximum Gasteiger partial charge on any atom is 0.272 e. The predicted octanol–water partition coefficient (Wildman–Crippen LogP) is -0.208. The van der Waals surface area contributed by atoms with E-state index in [1.54, 1.807) is 20.8 Å². The summed E-state index contributed by atoms with van der Waals surface area (Å²) in [7, 11) is 1.47. The van der Waals surface area contributed by atoms with E-state index in [1.807, 2.05) is 13.8 Å². The molecule has 134 valence electrons. The van der Waals surface area contributed by atoms with Crippen LogP contribution >= 0.6 is 0 Å². The smallest absolute Gasteiger partial charge is 0.272 e. The van der Waals surface area contributed by atoms with Crippen molar-refractivity contribution < 1.29 is 24.7 Å². The largest absolute Gasteiger partial charge is 0.382 e. The fourth-order valence-electron chi connectivity index (χ4n) is 2.21. The lowest BCUT2D eigenvalue weighted by Gasteiger charge is -2.32. The second-order valence-corrected chi connectivity index (χ2v) is 7.08. The van der Waals surface area contributed by atoms with Gasteiger partial charge in [-0.15, -0.1) is 0 Å². The minimum atomic E-state index is -1.70. The van der Waals surface area contributed by atoms with E-state index < -0.39 is 35.3 Å². The van der Waals surface area contributed by atoms with Gasteiger partial charge >= 0.3 is 0 Å². The lowest BCUT2D eigenvalue weighted by molar-refractivity contribution is -0.147. The van der Waals surface area contributed by atoms with Gasteiger partial charge in [0, 0.05) is 7.05 Å². The maximum atomic E-state index is 12.5. The van der Waals surface area contributed by atoms with Crippen LogP contribution in [0.1, 0.15) is 41.0 Å². The van der Waals surface area contributed by atoms with E-state index in [2.05, 4.69) is 10.6 Å². The molecule has 0 fully saturated rings. The summed E-state index contributed by atoms with van der Waals surface area (Å²) in [6, 6.07) is -0.820. The van der Waals surface area contributed by atoms with Crippen LogP contribution in [0.5, 0.6) is 0 Å². The molecule has 3 amide bonds. The highest BCUT2D eigenvalue weighted by Crippen LogP contribution is 2.22. The highest BCUT2D eigenvalue weighted by molar-refractivity contribution is 5.92. The maximum absolute atomic E-state index is 12.5. The molecule has 8 nitrogen and oxygen atoms in total. The van der Waals surface area contributed by atoms with Crippen molar-refractivity contribution in [1.29, 1.82) is 0 Å². The van der Waals surface area contributed by atoms with E-state index in [4.69, 9.17) is 5.21 Å². The highest BCUT2D eigenvalue weighted by Gasteiger charge is 2.38. The van der Waals surface area contributed by atoms with Crippen molar-refractivity contribution in [2.24, 2.45) is 17.3 Å². The highest BCUT2D eigenvalue weighted by atomic mass is 16.5. The van der Waals surface area contributed by atoms with E-state index in [0.717, 1.165) is 0 Å². The van der Waals surface area contributed by atoms with Crippen LogP contribution in [-0.2, 0) is 14.4 Å². The molecule has 0 radical (unpaired) electrons. The van der Waals surface area contributed by atoms with Crippen molar-refractivity contribution in [3.05, 3.63) is 0 Å². The topological polar surface area (TPSA) is 128 Å². The van der Waals surface area contributed by atoms with Gasteiger partial charge < -0.3 is 15.7 Å². The zero-order valence-corrected chi connectivity index (χ0v) is 14.6. The van der Waals surface area contributed by atoms with Gasteiger partial charge in [-0.2, -0.15) is 0 Å². The molecule has 0 rings (SSSR count). The van der Waals surface area contributed by atoms with E-state index in [9.17, 15) is 19.5 Å². The molecule has 0 aliphatic heterocycles. The van der Waals surface area contributed by atoms with E-state index >= 15 is 0 Å². The normalized spacial score (nSPS) is 15.5. The quantitative estimate of drug-likeness (QED) is 0.326. The molecule has 0 saturated carbocycles. The Morgan fingerprint density at radius 3 is 1.91 bits per heavy atom. The van der Waals surface area contributed by atoms with Gasteiger partial charge in [-0.3, -0.25) is 19.6 Å². The van der Waals surface area contributed by atoms with Crippen LogP contribution in [0, 0.1) is 17.3 Å². The van der Waals surface area contributed by atoms with Crippen LogP contribution in [0.4, 0.5) is 0 Å². The Labute approximate surface area is 137 Å². The summed E-state index contributed by atoms with van der Waals surface area (Å²) >= 11 is 0. The molecule has 3 atom stereocenters. The fraction of sp³-hybridized carbons (Fsp3) is 0.800. The number of rotatable bonds is 7. The number of nitrogens with one attached hydrogen (secondary N) is 3. The summed E-state index contributed by atoms with van der Waals surface area (Å²) in [4.78, 5) is 35.9. The van der Waals surface area contributed by atoms with Crippen molar-refractivity contribution in [3.8, 4) is 0 Å². The van der Waals surface area contributed by atoms with E-state index in [0.29, 0.717) is 0 Å². The third kappa shape index (κ3) is 6.54. The van der Waals surface area contributed by atoms with Crippen molar-refractivity contribution in [2.45, 2.75) is 53.2 Å². The van der Waals surface area contributed by atoms with Crippen LogP contribution in [0.25, 0.3) is 0 Å². The van der Waals surface area contributed by atoms with Crippen LogP contribution in [-0.4, -0.2) is 47.2 Å². The molecule has 0 aromatic heterocycles. The van der Waals surface area contributed by atoms with Gasteiger partial charge in [-0.25, -0.2) is 5.48 Å². The summed E-state index contributed by atoms with van der Waals surface area (Å²) in [5.74, 6) is -3.08. The number of hydroxylamine groups is 1. The first kappa shape index (κ1) is 21.3. The first-order valence-corrected chi connectivity index (χ1v) is 7.59. The Balaban J connectivity index is 5.35. The molecule has 0 saturated heterocycles. The van der Waals surface area contributed by atoms with Gasteiger partial charge in [0.2, 0.25) is 11.8 Å². The summed E-state index contributed by atoms with van der Waals surface area (Å²) in [5.41, 5.74) is 0.789. The minimum absolute atomic E-state index is 0.0278. The number of aliphatic hydroxyl groups is 1. The standard InChI is InChI=1S/C15H29N3O5/c1-8(2)7-9(10(19)13(21)18-23)12(20)17-11(14(22)16-6)15(3,4)5/h8-11,19,23H,7H2,1-6H3,(H,16,22)(H,17,20)(H,18,21).